The molecule has 2 N–H and O–H groups in total. The number of anilines is 1. The van der Waals surface area contributed by atoms with Gasteiger partial charge in [-0.05, 0) is 29.3 Å². The molecule has 1 aliphatic heterocycles. The van der Waals surface area contributed by atoms with Gasteiger partial charge in [-0.2, -0.15) is 0 Å². The van der Waals surface area contributed by atoms with Crippen LogP contribution in [0.3, 0.4) is 0 Å². The van der Waals surface area contributed by atoms with Gasteiger partial charge in [-0.25, -0.2) is 4.79 Å². The van der Waals surface area contributed by atoms with Crippen LogP contribution in [0.1, 0.15) is 11.1 Å². The molecule has 3 aromatic carbocycles. The number of carbonyl (C=O) groups is 3. The average molecular weight is 468 g/mol. The first kappa shape index (κ1) is 21.9. The Kier molecular flexibility index (Phi) is 6.17. The van der Waals surface area contributed by atoms with Gasteiger partial charge < -0.3 is 10.6 Å². The Hall–Kier alpha value is -3.35. The van der Waals surface area contributed by atoms with E-state index in [2.05, 4.69) is 10.6 Å². The zero-order chi connectivity index (χ0) is 22.7. The largest absolute Gasteiger partial charge is 0.325 e. The lowest BCUT2D eigenvalue weighted by Gasteiger charge is -2.27. The van der Waals surface area contributed by atoms with Crippen molar-refractivity contribution in [2.45, 2.75) is 12.0 Å². The highest BCUT2D eigenvalue weighted by atomic mass is 35.5. The molecule has 6 nitrogen and oxygen atoms in total. The Bertz CT molecular complexity index is 1150. The molecule has 0 radical (unpaired) electrons. The fraction of sp³-hybridized carbons (Fsp3) is 0.125. The molecule has 4 amide bonds. The highest BCUT2D eigenvalue weighted by molar-refractivity contribution is 6.35. The van der Waals surface area contributed by atoms with Crippen molar-refractivity contribution in [1.29, 1.82) is 0 Å². The van der Waals surface area contributed by atoms with E-state index in [-0.39, 0.29) is 6.42 Å². The molecular formula is C24H19Cl2N3O3. The van der Waals surface area contributed by atoms with Gasteiger partial charge in [0.2, 0.25) is 5.91 Å². The third-order valence-corrected chi connectivity index (χ3v) is 5.64. The van der Waals surface area contributed by atoms with Crippen molar-refractivity contribution in [2.24, 2.45) is 0 Å². The molecule has 1 saturated heterocycles. The molecule has 0 spiro atoms. The van der Waals surface area contributed by atoms with E-state index in [0.29, 0.717) is 21.3 Å². The number of hydrogen-bond donors (Lipinski definition) is 2. The molecule has 1 unspecified atom stereocenters. The van der Waals surface area contributed by atoms with Crippen LogP contribution in [0.15, 0.2) is 78.9 Å². The van der Waals surface area contributed by atoms with Crippen LogP contribution in [0.2, 0.25) is 10.0 Å². The molecule has 1 fully saturated rings. The minimum absolute atomic E-state index is 0.254. The third-order valence-electron chi connectivity index (χ3n) is 5.20. The number of hydrogen-bond acceptors (Lipinski definition) is 3. The summed E-state index contributed by atoms with van der Waals surface area (Å²) in [6.45, 7) is -0.446. The third kappa shape index (κ3) is 4.47. The van der Waals surface area contributed by atoms with E-state index in [9.17, 15) is 14.4 Å². The van der Waals surface area contributed by atoms with Crippen molar-refractivity contribution in [1.82, 2.24) is 10.2 Å². The Labute approximate surface area is 195 Å². The van der Waals surface area contributed by atoms with E-state index in [1.165, 1.54) is 18.2 Å². The summed E-state index contributed by atoms with van der Waals surface area (Å²) in [5, 5.41) is 6.17. The van der Waals surface area contributed by atoms with E-state index < -0.39 is 29.9 Å². The molecule has 32 heavy (non-hydrogen) atoms. The van der Waals surface area contributed by atoms with E-state index in [1.54, 1.807) is 24.3 Å². The minimum Gasteiger partial charge on any atom is -0.324 e. The number of nitrogens with zero attached hydrogens (tertiary/aromatic N) is 1. The monoisotopic (exact) mass is 467 g/mol. The fourth-order valence-corrected chi connectivity index (χ4v) is 4.31. The van der Waals surface area contributed by atoms with Crippen LogP contribution >= 0.6 is 23.2 Å². The molecule has 0 aliphatic carbocycles. The molecule has 0 bridgehead atoms. The summed E-state index contributed by atoms with van der Waals surface area (Å²) in [7, 11) is 0. The standard InChI is InChI=1S/C24H19Cl2N3O3/c25-18-11-19(26)13-20(12-18)27-21(30)15-29-22(31)24(28-23(29)32,17-9-5-2-6-10-17)14-16-7-3-1-4-8-16/h1-13H,14-15H2,(H,27,30)(H,28,32). The van der Waals surface area contributed by atoms with E-state index in [1.807, 2.05) is 36.4 Å². The van der Waals surface area contributed by atoms with Crippen molar-refractivity contribution in [3.05, 3.63) is 100 Å². The lowest BCUT2D eigenvalue weighted by atomic mass is 9.83. The molecule has 0 saturated carbocycles. The van der Waals surface area contributed by atoms with Gasteiger partial charge in [0, 0.05) is 22.2 Å². The van der Waals surface area contributed by atoms with Crippen LogP contribution in [-0.4, -0.2) is 29.3 Å². The fourth-order valence-electron chi connectivity index (χ4n) is 3.78. The molecule has 0 aromatic heterocycles. The highest BCUT2D eigenvalue weighted by Crippen LogP contribution is 2.33. The summed E-state index contributed by atoms with van der Waals surface area (Å²) in [6, 6.07) is 22.4. The van der Waals surface area contributed by atoms with Crippen LogP contribution < -0.4 is 10.6 Å². The van der Waals surface area contributed by atoms with E-state index in [4.69, 9.17) is 23.2 Å². The topological polar surface area (TPSA) is 78.5 Å². The van der Waals surface area contributed by atoms with Crippen LogP contribution in [-0.2, 0) is 21.5 Å². The van der Waals surface area contributed by atoms with Gasteiger partial charge in [0.15, 0.2) is 5.54 Å². The zero-order valence-corrected chi connectivity index (χ0v) is 18.4. The predicted octanol–water partition coefficient (Wildman–Crippen LogP) is 4.62. The Morgan fingerprint density at radius 3 is 2.12 bits per heavy atom. The lowest BCUT2D eigenvalue weighted by molar-refractivity contribution is -0.134. The van der Waals surface area contributed by atoms with Gasteiger partial charge >= 0.3 is 6.03 Å². The molecule has 1 atom stereocenters. The summed E-state index contributed by atoms with van der Waals surface area (Å²) < 4.78 is 0. The summed E-state index contributed by atoms with van der Waals surface area (Å²) in [5.41, 5.74) is 0.592. The maximum Gasteiger partial charge on any atom is 0.325 e. The maximum atomic E-state index is 13.6. The van der Waals surface area contributed by atoms with Crippen LogP contribution in [0.4, 0.5) is 10.5 Å². The van der Waals surface area contributed by atoms with Gasteiger partial charge in [-0.15, -0.1) is 0 Å². The van der Waals surface area contributed by atoms with E-state index >= 15 is 0 Å². The first-order chi connectivity index (χ1) is 15.4. The molecule has 8 heteroatoms. The first-order valence-corrected chi connectivity index (χ1v) is 10.6. The summed E-state index contributed by atoms with van der Waals surface area (Å²) >= 11 is 11.9. The zero-order valence-electron chi connectivity index (χ0n) is 16.8. The van der Waals surface area contributed by atoms with Crippen LogP contribution in [0.5, 0.6) is 0 Å². The predicted molar refractivity (Wildman–Crippen MR) is 124 cm³/mol. The summed E-state index contributed by atoms with van der Waals surface area (Å²) in [4.78, 5) is 39.9. The number of benzene rings is 3. The number of urea groups is 1. The van der Waals surface area contributed by atoms with Crippen LogP contribution in [0, 0.1) is 0 Å². The molecule has 1 heterocycles. The number of amides is 4. The van der Waals surface area contributed by atoms with Crippen molar-refractivity contribution in [2.75, 3.05) is 11.9 Å². The Balaban J connectivity index is 1.60. The second kappa shape index (κ2) is 9.02. The molecule has 3 aromatic rings. The number of halogens is 2. The van der Waals surface area contributed by atoms with Crippen molar-refractivity contribution < 1.29 is 14.4 Å². The maximum absolute atomic E-state index is 13.6. The molecular weight excluding hydrogens is 449 g/mol. The van der Waals surface area contributed by atoms with Crippen molar-refractivity contribution in [3.8, 4) is 0 Å². The van der Waals surface area contributed by atoms with Gasteiger partial charge in [-0.1, -0.05) is 83.9 Å². The highest BCUT2D eigenvalue weighted by Gasteiger charge is 2.52. The van der Waals surface area contributed by atoms with Crippen molar-refractivity contribution >= 4 is 46.7 Å². The molecule has 4 rings (SSSR count). The Morgan fingerprint density at radius 2 is 1.50 bits per heavy atom. The van der Waals surface area contributed by atoms with Gasteiger partial charge in [-0.3, -0.25) is 14.5 Å². The van der Waals surface area contributed by atoms with Gasteiger partial charge in [0.25, 0.3) is 5.91 Å². The second-order valence-electron chi connectivity index (χ2n) is 7.46. The van der Waals surface area contributed by atoms with Gasteiger partial charge in [0.05, 0.1) is 0 Å². The quantitative estimate of drug-likeness (QED) is 0.519. The SMILES string of the molecule is O=C(CN1C(=O)NC(Cc2ccccc2)(c2ccccc2)C1=O)Nc1cc(Cl)cc(Cl)c1. The van der Waals surface area contributed by atoms with Crippen LogP contribution in [0.25, 0.3) is 0 Å². The number of nitrogens with one attached hydrogen (secondary N) is 2. The second-order valence-corrected chi connectivity index (χ2v) is 8.33. The molecule has 1 aliphatic rings. The van der Waals surface area contributed by atoms with Crippen molar-refractivity contribution in [3.63, 3.8) is 0 Å². The average Bonchev–Trinajstić information content (AvgIpc) is 2.99. The molecule has 162 valence electrons. The number of rotatable bonds is 6. The smallest absolute Gasteiger partial charge is 0.324 e. The summed E-state index contributed by atoms with van der Waals surface area (Å²) in [5.74, 6) is -1.03. The number of imide groups is 1. The lowest BCUT2D eigenvalue weighted by Crippen LogP contribution is -2.46. The first-order valence-electron chi connectivity index (χ1n) is 9.87. The summed E-state index contributed by atoms with van der Waals surface area (Å²) in [6.07, 6.45) is 0.254. The normalized spacial score (nSPS) is 17.9. The van der Waals surface area contributed by atoms with Gasteiger partial charge in [0.1, 0.15) is 6.54 Å². The number of carbonyl (C=O) groups excluding carboxylic acids is 3. The Morgan fingerprint density at radius 1 is 0.906 bits per heavy atom. The van der Waals surface area contributed by atoms with E-state index in [0.717, 1.165) is 10.5 Å². The minimum atomic E-state index is -1.31.